The molecule has 0 amide bonds. The molecule has 280 valence electrons. The van der Waals surface area contributed by atoms with Crippen molar-refractivity contribution in [3.8, 4) is 50.6 Å². The lowest BCUT2D eigenvalue weighted by Crippen LogP contribution is -2.09. The molecule has 0 unspecified atom stereocenters. The number of hydrogen-bond acceptors (Lipinski definition) is 3. The zero-order chi connectivity index (χ0) is 39.7. The van der Waals surface area contributed by atoms with Crippen LogP contribution in [0.2, 0.25) is 0 Å². The molecule has 0 radical (unpaired) electrons. The third-order valence-electron chi connectivity index (χ3n) is 11.2. The zero-order valence-electron chi connectivity index (χ0n) is 31.3. The van der Waals surface area contributed by atoms with Crippen LogP contribution in [0.15, 0.2) is 188 Å². The largest absolute Gasteiger partial charge is 0.417 e. The Morgan fingerprint density at radius 1 is 0.390 bits per heavy atom. The van der Waals surface area contributed by atoms with Crippen LogP contribution in [0, 0.1) is 0 Å². The maximum atomic E-state index is 15.7. The molecule has 8 aromatic carbocycles. The van der Waals surface area contributed by atoms with Crippen molar-refractivity contribution in [2.75, 3.05) is 0 Å². The van der Waals surface area contributed by atoms with Crippen molar-refractivity contribution in [3.05, 3.63) is 194 Å². The number of pyridine rings is 1. The van der Waals surface area contributed by atoms with Crippen LogP contribution in [0.4, 0.5) is 13.2 Å². The minimum Gasteiger partial charge on any atom is -0.309 e. The van der Waals surface area contributed by atoms with Gasteiger partial charge in [-0.1, -0.05) is 152 Å². The predicted octanol–water partition coefficient (Wildman–Crippen LogP) is 14.1. The number of hydrogen-bond donors (Lipinski definition) is 0. The first-order chi connectivity index (χ1) is 28.9. The van der Waals surface area contributed by atoms with E-state index in [0.29, 0.717) is 38.8 Å². The van der Waals surface area contributed by atoms with Crippen molar-refractivity contribution in [3.63, 3.8) is 0 Å². The second kappa shape index (κ2) is 13.5. The van der Waals surface area contributed by atoms with Crippen LogP contribution in [-0.2, 0) is 6.18 Å². The number of fused-ring (bicyclic) bond motifs is 8. The summed E-state index contributed by atoms with van der Waals surface area (Å²) in [7, 11) is 0. The van der Waals surface area contributed by atoms with Crippen LogP contribution in [0.5, 0.6) is 0 Å². The van der Waals surface area contributed by atoms with E-state index < -0.39 is 11.7 Å². The second-order valence-corrected chi connectivity index (χ2v) is 14.6. The lowest BCUT2D eigenvalue weighted by atomic mass is 9.90. The van der Waals surface area contributed by atoms with E-state index in [2.05, 4.69) is 41.0 Å². The lowest BCUT2D eigenvalue weighted by Gasteiger charge is -2.20. The fraction of sp³-hybridized carbons (Fsp3) is 0.0192. The molecule has 0 atom stereocenters. The highest BCUT2D eigenvalue weighted by Gasteiger charge is 2.36. The van der Waals surface area contributed by atoms with E-state index in [1.807, 2.05) is 146 Å². The Morgan fingerprint density at radius 2 is 0.898 bits per heavy atom. The number of nitrogens with zero attached hydrogens (tertiary/aromatic N) is 4. The topological polar surface area (TPSA) is 43.6 Å². The van der Waals surface area contributed by atoms with Crippen LogP contribution >= 0.6 is 0 Å². The van der Waals surface area contributed by atoms with Crippen LogP contribution in [0.3, 0.4) is 0 Å². The summed E-state index contributed by atoms with van der Waals surface area (Å²) in [5.74, 6) is 0. The summed E-state index contributed by atoms with van der Waals surface area (Å²) in [4.78, 5) is 15.3. The molecule has 3 heterocycles. The minimum absolute atomic E-state index is 0.0150. The summed E-state index contributed by atoms with van der Waals surface area (Å²) >= 11 is 0. The van der Waals surface area contributed by atoms with E-state index >= 15 is 13.2 Å². The summed E-state index contributed by atoms with van der Waals surface area (Å²) in [5, 5.41) is 3.24. The maximum absolute atomic E-state index is 15.7. The summed E-state index contributed by atoms with van der Waals surface area (Å²) in [6.07, 6.45) is -4.74. The summed E-state index contributed by atoms with van der Waals surface area (Å²) in [6, 6.07) is 60.1. The van der Waals surface area contributed by atoms with Crippen molar-refractivity contribution in [1.29, 1.82) is 0 Å². The van der Waals surface area contributed by atoms with Gasteiger partial charge in [-0.2, -0.15) is 13.2 Å². The fourth-order valence-electron chi connectivity index (χ4n) is 8.61. The smallest absolute Gasteiger partial charge is 0.309 e. The van der Waals surface area contributed by atoms with Crippen LogP contribution in [0.25, 0.3) is 105 Å². The van der Waals surface area contributed by atoms with Gasteiger partial charge in [-0.25, -0.2) is 15.0 Å². The third kappa shape index (κ3) is 5.65. The molecule has 0 N–H and O–H groups in total. The molecule has 4 nitrogen and oxygen atoms in total. The van der Waals surface area contributed by atoms with Gasteiger partial charge in [0, 0.05) is 49.3 Å². The van der Waals surface area contributed by atoms with Crippen molar-refractivity contribution in [2.45, 2.75) is 6.18 Å². The molecule has 0 saturated heterocycles. The molecule has 7 heteroatoms. The Labute approximate surface area is 336 Å². The minimum atomic E-state index is -4.74. The van der Waals surface area contributed by atoms with Gasteiger partial charge in [0.25, 0.3) is 0 Å². The first kappa shape index (κ1) is 34.6. The summed E-state index contributed by atoms with van der Waals surface area (Å²) < 4.78 is 49.2. The molecule has 0 bridgehead atoms. The predicted molar refractivity (Wildman–Crippen MR) is 233 cm³/mol. The summed E-state index contributed by atoms with van der Waals surface area (Å²) in [6.45, 7) is 0. The monoisotopic (exact) mass is 768 g/mol. The summed E-state index contributed by atoms with van der Waals surface area (Å²) in [5.41, 5.74) is 8.50. The maximum Gasteiger partial charge on any atom is 0.417 e. The van der Waals surface area contributed by atoms with E-state index in [0.717, 1.165) is 55.8 Å². The van der Waals surface area contributed by atoms with Crippen molar-refractivity contribution in [1.82, 2.24) is 19.5 Å². The third-order valence-corrected chi connectivity index (χ3v) is 11.2. The molecular formula is C52H31F3N4. The quantitative estimate of drug-likeness (QED) is 0.164. The van der Waals surface area contributed by atoms with E-state index in [1.54, 1.807) is 0 Å². The number of halogens is 3. The Balaban J connectivity index is 1.18. The molecule has 11 aromatic rings. The number of benzene rings is 8. The van der Waals surface area contributed by atoms with Crippen molar-refractivity contribution in [2.24, 2.45) is 0 Å². The van der Waals surface area contributed by atoms with Gasteiger partial charge in [-0.3, -0.25) is 0 Å². The molecule has 11 rings (SSSR count). The average molecular weight is 769 g/mol. The highest BCUT2D eigenvalue weighted by atomic mass is 19.4. The van der Waals surface area contributed by atoms with Crippen molar-refractivity contribution < 1.29 is 13.2 Å². The van der Waals surface area contributed by atoms with Crippen LogP contribution < -0.4 is 0 Å². The first-order valence-corrected chi connectivity index (χ1v) is 19.4. The lowest BCUT2D eigenvalue weighted by molar-refractivity contribution is -0.136. The highest BCUT2D eigenvalue weighted by Crippen LogP contribution is 2.47. The van der Waals surface area contributed by atoms with Gasteiger partial charge in [-0.05, 0) is 47.5 Å². The van der Waals surface area contributed by atoms with E-state index in [9.17, 15) is 0 Å². The molecule has 0 fully saturated rings. The van der Waals surface area contributed by atoms with Gasteiger partial charge in [0.15, 0.2) is 0 Å². The van der Waals surface area contributed by atoms with Crippen LogP contribution in [-0.4, -0.2) is 19.5 Å². The van der Waals surface area contributed by atoms with Gasteiger partial charge in [-0.15, -0.1) is 0 Å². The Bertz CT molecular complexity index is 3360. The van der Waals surface area contributed by atoms with Gasteiger partial charge >= 0.3 is 6.18 Å². The molecule has 0 aliphatic heterocycles. The molecule has 3 aromatic heterocycles. The number of para-hydroxylation sites is 3. The standard InChI is InChI=1S/C52H31F3N4/c53-52(54,55)41-31-43-51(58-49(34-17-5-2-6-18-34)48(57-43)33-15-3-1-4-16-33)46-40-23-9-12-24-42(40)56-50(47(41)46)39-22-8-7-19-36(39)32-27-29-35(30-28-32)59-44-25-13-10-20-37(44)38-21-11-14-26-45(38)59/h1-31H. The molecule has 0 spiro atoms. The normalized spacial score (nSPS) is 12.0. The Morgan fingerprint density at radius 3 is 1.53 bits per heavy atom. The van der Waals surface area contributed by atoms with Crippen molar-refractivity contribution >= 4 is 54.5 Å². The highest BCUT2D eigenvalue weighted by molar-refractivity contribution is 6.23. The van der Waals surface area contributed by atoms with Gasteiger partial charge < -0.3 is 4.57 Å². The van der Waals surface area contributed by atoms with E-state index in [-0.39, 0.29) is 16.6 Å². The fourth-order valence-corrected chi connectivity index (χ4v) is 8.61. The molecule has 59 heavy (non-hydrogen) atoms. The Kier molecular flexibility index (Phi) is 7.91. The second-order valence-electron chi connectivity index (χ2n) is 14.6. The number of aromatic nitrogens is 4. The zero-order valence-corrected chi connectivity index (χ0v) is 31.3. The number of alkyl halides is 3. The first-order valence-electron chi connectivity index (χ1n) is 19.4. The van der Waals surface area contributed by atoms with E-state index in [4.69, 9.17) is 15.0 Å². The molecular weight excluding hydrogens is 738 g/mol. The van der Waals surface area contributed by atoms with E-state index in [1.165, 1.54) is 0 Å². The number of rotatable bonds is 5. The van der Waals surface area contributed by atoms with Gasteiger partial charge in [0.1, 0.15) is 0 Å². The molecule has 0 aliphatic carbocycles. The SMILES string of the molecule is FC(F)(F)c1cc2nc(-c3ccccc3)c(-c3ccccc3)nc2c2c1c(-c1ccccc1-c1ccc(-n3c4ccccc4c4ccccc43)cc1)nc1ccccc12. The van der Waals surface area contributed by atoms with Gasteiger partial charge in [0.2, 0.25) is 0 Å². The van der Waals surface area contributed by atoms with Crippen LogP contribution in [0.1, 0.15) is 5.56 Å². The van der Waals surface area contributed by atoms with Gasteiger partial charge in [0.05, 0.1) is 50.2 Å². The molecule has 0 saturated carbocycles. The average Bonchev–Trinajstić information content (AvgIpc) is 3.62. The molecule has 0 aliphatic rings. The Hall–Kier alpha value is -7.64.